The Morgan fingerprint density at radius 1 is 0.426 bits per heavy atom. The summed E-state index contributed by atoms with van der Waals surface area (Å²) in [6.07, 6.45) is 2.72. The molecule has 0 aromatic heterocycles. The summed E-state index contributed by atoms with van der Waals surface area (Å²) in [6, 6.07) is 30.1. The maximum absolute atomic E-state index is 12.0. The molecule has 15 nitrogen and oxygen atoms in total. The van der Waals surface area contributed by atoms with Gasteiger partial charge in [0.05, 0.1) is 22.1 Å². The van der Waals surface area contributed by atoms with Crippen molar-refractivity contribution in [2.24, 2.45) is 5.41 Å². The van der Waals surface area contributed by atoms with Crippen LogP contribution in [0.1, 0.15) is 122 Å². The molecule has 2 unspecified atom stereocenters. The molecule has 0 aliphatic carbocycles. The van der Waals surface area contributed by atoms with Gasteiger partial charge in [-0.1, -0.05) is 58.9 Å². The van der Waals surface area contributed by atoms with Crippen molar-refractivity contribution in [2.75, 3.05) is 0 Å². The molecule has 0 amide bonds. The number of hydrogen-bond donors (Lipinski definition) is 7. The maximum Gasteiger partial charge on any atom is 0.343 e. The van der Waals surface area contributed by atoms with Crippen molar-refractivity contribution in [1.29, 1.82) is 0 Å². The summed E-state index contributed by atoms with van der Waals surface area (Å²) in [5, 5.41) is 65.3. The molecule has 7 N–H and O–H groups in total. The number of esters is 4. The van der Waals surface area contributed by atoms with E-state index in [1.807, 2.05) is 31.2 Å². The van der Waals surface area contributed by atoms with E-state index in [4.69, 9.17) is 18.9 Å². The van der Waals surface area contributed by atoms with Gasteiger partial charge in [0.15, 0.2) is 40.2 Å². The number of carbonyl (C=O) groups is 4. The molecule has 6 aromatic carbocycles. The van der Waals surface area contributed by atoms with Crippen LogP contribution in [-0.4, -0.2) is 59.6 Å². The molecule has 6 aromatic rings. The molecule has 15 heteroatoms. The molecule has 0 bridgehead atoms. The second-order valence-electron chi connectivity index (χ2n) is 16.3. The fraction of sp³-hybridized carbons (Fsp3) is 0.245. The average Bonchev–Trinajstić information content (AvgIpc) is 3.33. The van der Waals surface area contributed by atoms with Crippen molar-refractivity contribution in [3.63, 3.8) is 0 Å². The molecule has 0 fully saturated rings. The largest absolute Gasteiger partial charge is 0.504 e. The Labute approximate surface area is 394 Å². The van der Waals surface area contributed by atoms with E-state index in [2.05, 4.69) is 27.7 Å². The Morgan fingerprint density at radius 3 is 1.06 bits per heavy atom. The molecule has 0 saturated carbocycles. The zero-order valence-corrected chi connectivity index (χ0v) is 38.7. The fourth-order valence-electron chi connectivity index (χ4n) is 5.69. The fourth-order valence-corrected chi connectivity index (χ4v) is 5.69. The number of benzene rings is 6. The van der Waals surface area contributed by atoms with Crippen LogP contribution in [0.15, 0.2) is 121 Å². The van der Waals surface area contributed by atoms with Gasteiger partial charge in [-0.15, -0.1) is 0 Å². The third-order valence-corrected chi connectivity index (χ3v) is 11.0. The topological polar surface area (TPSA) is 247 Å². The first kappa shape index (κ1) is 52.4. The van der Waals surface area contributed by atoms with Crippen molar-refractivity contribution < 1.29 is 73.9 Å². The molecule has 0 saturated heterocycles. The van der Waals surface area contributed by atoms with E-state index < -0.39 is 46.3 Å². The molecule has 68 heavy (non-hydrogen) atoms. The lowest BCUT2D eigenvalue weighted by atomic mass is 9.91. The lowest BCUT2D eigenvalue weighted by molar-refractivity contribution is -0.144. The minimum absolute atomic E-state index is 0.0567. The van der Waals surface area contributed by atoms with E-state index in [9.17, 15) is 54.9 Å². The Hall–Kier alpha value is -8.20. The van der Waals surface area contributed by atoms with Crippen molar-refractivity contribution in [3.8, 4) is 63.2 Å². The van der Waals surface area contributed by atoms with E-state index in [1.165, 1.54) is 60.2 Å². The molecular formula is C53H56O15. The number of phenolic OH excluding ortho intramolecular Hbond substituents is 7. The molecule has 0 aliphatic rings. The first-order chi connectivity index (χ1) is 32.1. The lowest BCUT2D eigenvalue weighted by Gasteiger charge is -2.20. The van der Waals surface area contributed by atoms with Gasteiger partial charge in [0, 0.05) is 0 Å². The summed E-state index contributed by atoms with van der Waals surface area (Å²) >= 11 is 0. The molecular weight excluding hydrogens is 877 g/mol. The van der Waals surface area contributed by atoms with Crippen molar-refractivity contribution in [1.82, 2.24) is 0 Å². The Bertz CT molecular complexity index is 2650. The van der Waals surface area contributed by atoms with Crippen LogP contribution in [0.4, 0.5) is 0 Å². The summed E-state index contributed by atoms with van der Waals surface area (Å²) in [5.41, 5.74) is 1.99. The second-order valence-corrected chi connectivity index (χ2v) is 16.3. The van der Waals surface area contributed by atoms with Gasteiger partial charge in [-0.2, -0.15) is 0 Å². The molecule has 2 atom stereocenters. The highest BCUT2D eigenvalue weighted by atomic mass is 16.5. The van der Waals surface area contributed by atoms with E-state index in [0.29, 0.717) is 35.5 Å². The predicted octanol–water partition coefficient (Wildman–Crippen LogP) is 11.0. The van der Waals surface area contributed by atoms with Crippen LogP contribution < -0.4 is 18.9 Å². The average molecular weight is 933 g/mol. The van der Waals surface area contributed by atoms with Gasteiger partial charge in [0.1, 0.15) is 23.0 Å². The summed E-state index contributed by atoms with van der Waals surface area (Å²) in [7, 11) is 0. The summed E-state index contributed by atoms with van der Waals surface area (Å²) in [5.74, 6) is -3.22. The standard InChI is InChI=1S/C19H20O6.C17H18O5.C17H18O4/c1-4-19(2,3)18(23)25-14-8-6-13(7-9-14)24-17(22)12-5-10-15(20)16(21)11-12;1-3-10(2)11-4-6-13(7-5-11)22-17(21)12-8-14(18)16(20)15(19)9-12;1-3-11(2)12-4-7-14(8-5-12)21-17(20)13-6-9-15(18)16(19)10-13/h5-11,20-21H,4H2,1-3H3;4-10,18-20H,3H2,1-2H3;4-11,18-19H,3H2,1-2H3. The van der Waals surface area contributed by atoms with Gasteiger partial charge in [-0.3, -0.25) is 4.79 Å². The highest BCUT2D eigenvalue weighted by molar-refractivity contribution is 5.93. The normalized spacial score (nSPS) is 11.6. The molecule has 0 aliphatic heterocycles. The van der Waals surface area contributed by atoms with Crippen LogP contribution in [-0.2, 0) is 4.79 Å². The van der Waals surface area contributed by atoms with Crippen LogP contribution in [0.2, 0.25) is 0 Å². The van der Waals surface area contributed by atoms with Gasteiger partial charge >= 0.3 is 23.9 Å². The highest BCUT2D eigenvalue weighted by Crippen LogP contribution is 2.36. The van der Waals surface area contributed by atoms with Crippen molar-refractivity contribution in [3.05, 3.63) is 149 Å². The van der Waals surface area contributed by atoms with Gasteiger partial charge in [-0.25, -0.2) is 14.4 Å². The molecule has 0 heterocycles. The quantitative estimate of drug-likeness (QED) is 0.0323. The zero-order chi connectivity index (χ0) is 50.3. The highest BCUT2D eigenvalue weighted by Gasteiger charge is 2.27. The predicted molar refractivity (Wildman–Crippen MR) is 252 cm³/mol. The minimum atomic E-state index is -0.734. The number of carbonyl (C=O) groups excluding carboxylic acids is 4. The number of rotatable bonds is 13. The van der Waals surface area contributed by atoms with Gasteiger partial charge in [-0.05, 0) is 153 Å². The van der Waals surface area contributed by atoms with Crippen LogP contribution >= 0.6 is 0 Å². The Balaban J connectivity index is 0.000000223. The van der Waals surface area contributed by atoms with Crippen LogP contribution in [0, 0.1) is 5.41 Å². The number of phenols is 7. The van der Waals surface area contributed by atoms with Crippen molar-refractivity contribution >= 4 is 23.9 Å². The smallest absolute Gasteiger partial charge is 0.343 e. The lowest BCUT2D eigenvalue weighted by Crippen LogP contribution is -2.28. The summed E-state index contributed by atoms with van der Waals surface area (Å²) < 4.78 is 20.9. The molecule has 358 valence electrons. The number of ether oxygens (including phenoxy) is 4. The zero-order valence-electron chi connectivity index (χ0n) is 38.7. The van der Waals surface area contributed by atoms with Crippen LogP contribution in [0.5, 0.6) is 63.2 Å². The third kappa shape index (κ3) is 14.7. The SMILES string of the molecule is CCC(C)(C)C(=O)Oc1ccc(OC(=O)c2ccc(O)c(O)c2)cc1.CCC(C)c1ccc(OC(=O)c2cc(O)c(O)c(O)c2)cc1.CCC(C)c1ccc(OC(=O)c2ccc(O)c(O)c2)cc1. The van der Waals surface area contributed by atoms with Gasteiger partial charge < -0.3 is 54.7 Å². The molecule has 6 rings (SSSR count). The third-order valence-electron chi connectivity index (χ3n) is 11.0. The van der Waals surface area contributed by atoms with E-state index in [1.54, 1.807) is 38.1 Å². The summed E-state index contributed by atoms with van der Waals surface area (Å²) in [6.45, 7) is 14.0. The Kier molecular flexibility index (Phi) is 18.4. The van der Waals surface area contributed by atoms with Crippen LogP contribution in [0.25, 0.3) is 0 Å². The minimum Gasteiger partial charge on any atom is -0.504 e. The summed E-state index contributed by atoms with van der Waals surface area (Å²) in [4.78, 5) is 47.9. The van der Waals surface area contributed by atoms with E-state index in [-0.39, 0.29) is 45.7 Å². The van der Waals surface area contributed by atoms with E-state index >= 15 is 0 Å². The van der Waals surface area contributed by atoms with Gasteiger partial charge in [0.2, 0.25) is 0 Å². The molecule has 0 radical (unpaired) electrons. The monoisotopic (exact) mass is 932 g/mol. The van der Waals surface area contributed by atoms with Crippen molar-refractivity contribution in [2.45, 2.75) is 79.6 Å². The number of hydrogen-bond acceptors (Lipinski definition) is 15. The van der Waals surface area contributed by atoms with Crippen LogP contribution in [0.3, 0.4) is 0 Å². The van der Waals surface area contributed by atoms with E-state index in [0.717, 1.165) is 36.6 Å². The first-order valence-electron chi connectivity index (χ1n) is 21.6. The first-order valence-corrected chi connectivity index (χ1v) is 21.6. The maximum atomic E-state index is 12.0. The second kappa shape index (κ2) is 23.8. The van der Waals surface area contributed by atoms with Gasteiger partial charge in [0.25, 0.3) is 0 Å². The molecule has 0 spiro atoms. The number of aromatic hydroxyl groups is 7. The Morgan fingerprint density at radius 2 is 0.735 bits per heavy atom.